The van der Waals surface area contributed by atoms with Crippen molar-refractivity contribution in [2.75, 3.05) is 39.4 Å². The number of ether oxygens (including phenoxy) is 2. The van der Waals surface area contributed by atoms with E-state index in [-0.39, 0.29) is 13.2 Å². The number of piperazine rings is 1. The molecule has 3 rings (SSSR count). The quantitative estimate of drug-likeness (QED) is 0.719. The predicted molar refractivity (Wildman–Crippen MR) is 105 cm³/mol. The average molecular weight is 390 g/mol. The molecule has 0 spiro atoms. The molecule has 1 aromatic carbocycles. The number of nitrogens with zero attached hydrogens (tertiary/aromatic N) is 3. The molecule has 2 atom stereocenters. The predicted octanol–water partition coefficient (Wildman–Crippen LogP) is 2.06. The molecule has 2 bridgehead atoms. The number of rotatable bonds is 7. The van der Waals surface area contributed by atoms with Crippen molar-refractivity contribution in [3.63, 3.8) is 0 Å². The summed E-state index contributed by atoms with van der Waals surface area (Å²) in [6.07, 6.45) is -0.0597. The largest absolute Gasteiger partial charge is 0.449 e. The lowest BCUT2D eigenvalue weighted by molar-refractivity contribution is 0.0619. The van der Waals surface area contributed by atoms with E-state index in [0.29, 0.717) is 25.2 Å². The van der Waals surface area contributed by atoms with Crippen LogP contribution in [0.5, 0.6) is 0 Å². The van der Waals surface area contributed by atoms with E-state index < -0.39 is 12.2 Å². The summed E-state index contributed by atoms with van der Waals surface area (Å²) < 4.78 is 9.91. The molecule has 2 heterocycles. The minimum atomic E-state index is -0.646. The van der Waals surface area contributed by atoms with Gasteiger partial charge in [0.1, 0.15) is 0 Å². The molecule has 2 unspecified atom stereocenters. The average Bonchev–Trinajstić information content (AvgIpc) is 3.26. The van der Waals surface area contributed by atoms with Crippen molar-refractivity contribution in [2.24, 2.45) is 0 Å². The summed E-state index contributed by atoms with van der Waals surface area (Å²) in [6.45, 7) is 7.99. The monoisotopic (exact) mass is 390 g/mol. The van der Waals surface area contributed by atoms with Gasteiger partial charge in [-0.15, -0.1) is 0 Å². The Morgan fingerprint density at radius 1 is 1.07 bits per heavy atom. The van der Waals surface area contributed by atoms with Gasteiger partial charge in [-0.1, -0.05) is 30.3 Å². The zero-order chi connectivity index (χ0) is 19.9. The highest BCUT2D eigenvalue weighted by Gasteiger charge is 2.42. The van der Waals surface area contributed by atoms with Crippen LogP contribution in [0.3, 0.4) is 0 Å². The van der Waals surface area contributed by atoms with Crippen LogP contribution in [0, 0.1) is 0 Å². The number of fused-ring (bicyclic) bond motifs is 2. The molecule has 2 amide bonds. The van der Waals surface area contributed by atoms with Crippen LogP contribution >= 0.6 is 0 Å². The van der Waals surface area contributed by atoms with E-state index in [1.165, 1.54) is 10.6 Å². The van der Waals surface area contributed by atoms with Gasteiger partial charge in [0.2, 0.25) is 0 Å². The molecule has 0 aliphatic carbocycles. The first kappa shape index (κ1) is 20.4. The zero-order valence-electron chi connectivity index (χ0n) is 16.7. The molecule has 0 saturated carbocycles. The maximum absolute atomic E-state index is 12.1. The van der Waals surface area contributed by atoms with E-state index in [9.17, 15) is 9.59 Å². The topological polar surface area (TPSA) is 74.4 Å². The summed E-state index contributed by atoms with van der Waals surface area (Å²) in [5.41, 5.74) is 3.81. The molecule has 2 aliphatic rings. The molecule has 0 aromatic heterocycles. The number of carbonyl (C=O) groups is 2. The van der Waals surface area contributed by atoms with Crippen molar-refractivity contribution < 1.29 is 19.1 Å². The lowest BCUT2D eigenvalue weighted by atomic mass is 10.2. The van der Waals surface area contributed by atoms with Gasteiger partial charge in [0, 0.05) is 38.3 Å². The van der Waals surface area contributed by atoms with Crippen LogP contribution < -0.4 is 5.43 Å². The molecule has 1 N–H and O–H groups in total. The summed E-state index contributed by atoms with van der Waals surface area (Å²) in [4.78, 5) is 28.7. The van der Waals surface area contributed by atoms with Crippen LogP contribution in [0.25, 0.3) is 0 Å². The summed E-state index contributed by atoms with van der Waals surface area (Å²) in [7, 11) is 0. The second-order valence-corrected chi connectivity index (χ2v) is 7.14. The van der Waals surface area contributed by atoms with Crippen LogP contribution in [-0.4, -0.2) is 78.5 Å². The Hall–Kier alpha value is -2.32. The van der Waals surface area contributed by atoms with Crippen molar-refractivity contribution in [2.45, 2.75) is 38.9 Å². The van der Waals surface area contributed by atoms with Gasteiger partial charge < -0.3 is 9.47 Å². The summed E-state index contributed by atoms with van der Waals surface area (Å²) in [6, 6.07) is 11.6. The van der Waals surface area contributed by atoms with E-state index in [2.05, 4.69) is 39.5 Å². The Morgan fingerprint density at radius 3 is 2.39 bits per heavy atom. The van der Waals surface area contributed by atoms with Crippen molar-refractivity contribution in [3.05, 3.63) is 35.9 Å². The number of likely N-dealkylation sites (tertiary alicyclic amines) is 2. The minimum absolute atomic E-state index is 0.246. The van der Waals surface area contributed by atoms with E-state index in [1.807, 2.05) is 6.07 Å². The molecule has 2 saturated heterocycles. The van der Waals surface area contributed by atoms with Gasteiger partial charge >= 0.3 is 12.2 Å². The van der Waals surface area contributed by atoms with Gasteiger partial charge in [0.15, 0.2) is 0 Å². The number of hydrogen-bond donors (Lipinski definition) is 1. The standard InChI is InChI=1S/C20H30N4O4/c1-3-27-19(25)21-24(20(26)28-4-2)11-10-22-14-18-12-17(22)15-23(18)13-16-8-6-5-7-9-16/h5-9,17-18H,3-4,10-15H2,1-2H3,(H,21,25). The molecule has 0 radical (unpaired) electrons. The number of amides is 2. The van der Waals surface area contributed by atoms with Crippen LogP contribution in [0.2, 0.25) is 0 Å². The molecule has 2 fully saturated rings. The highest BCUT2D eigenvalue weighted by atomic mass is 16.6. The van der Waals surface area contributed by atoms with Crippen molar-refractivity contribution in [3.8, 4) is 0 Å². The number of nitrogens with one attached hydrogen (secondary N) is 1. The molecule has 2 aliphatic heterocycles. The van der Waals surface area contributed by atoms with Gasteiger partial charge in [0.05, 0.1) is 19.8 Å². The molecular formula is C20H30N4O4. The first-order valence-electron chi connectivity index (χ1n) is 10.0. The molecular weight excluding hydrogens is 360 g/mol. The molecule has 28 heavy (non-hydrogen) atoms. The number of carbonyl (C=O) groups excluding carboxylic acids is 2. The van der Waals surface area contributed by atoms with E-state index in [1.54, 1.807) is 13.8 Å². The van der Waals surface area contributed by atoms with Gasteiger partial charge in [-0.05, 0) is 25.8 Å². The molecule has 154 valence electrons. The maximum Gasteiger partial charge on any atom is 0.428 e. The first-order chi connectivity index (χ1) is 13.6. The third-order valence-corrected chi connectivity index (χ3v) is 5.30. The zero-order valence-corrected chi connectivity index (χ0v) is 16.7. The Balaban J connectivity index is 1.49. The fourth-order valence-corrected chi connectivity index (χ4v) is 4.01. The normalized spacial score (nSPS) is 21.5. The summed E-state index contributed by atoms with van der Waals surface area (Å²) in [5.74, 6) is 0. The van der Waals surface area contributed by atoms with E-state index in [4.69, 9.17) is 9.47 Å². The fraction of sp³-hybridized carbons (Fsp3) is 0.600. The van der Waals surface area contributed by atoms with Crippen molar-refractivity contribution in [1.82, 2.24) is 20.2 Å². The first-order valence-corrected chi connectivity index (χ1v) is 10.0. The number of hydrazine groups is 1. The van der Waals surface area contributed by atoms with Crippen LogP contribution in [0.1, 0.15) is 25.8 Å². The van der Waals surface area contributed by atoms with Gasteiger partial charge in [-0.2, -0.15) is 0 Å². The van der Waals surface area contributed by atoms with Gasteiger partial charge in [-0.25, -0.2) is 20.0 Å². The van der Waals surface area contributed by atoms with E-state index in [0.717, 1.165) is 26.1 Å². The number of hydrogen-bond acceptors (Lipinski definition) is 6. The third kappa shape index (κ3) is 5.14. The lowest BCUT2D eigenvalue weighted by Crippen LogP contribution is -2.52. The third-order valence-electron chi connectivity index (χ3n) is 5.30. The Kier molecular flexibility index (Phi) is 7.11. The van der Waals surface area contributed by atoms with Crippen LogP contribution in [-0.2, 0) is 16.0 Å². The highest BCUT2D eigenvalue weighted by Crippen LogP contribution is 2.31. The molecule has 8 nitrogen and oxygen atoms in total. The lowest BCUT2D eigenvalue weighted by Gasteiger charge is -2.35. The highest BCUT2D eigenvalue weighted by molar-refractivity contribution is 5.73. The summed E-state index contributed by atoms with van der Waals surface area (Å²) in [5, 5.41) is 1.20. The Morgan fingerprint density at radius 2 is 1.75 bits per heavy atom. The SMILES string of the molecule is CCOC(=O)NN(CCN1CC2CC1CN2Cc1ccccc1)C(=O)OCC. The van der Waals surface area contributed by atoms with Gasteiger partial charge in [0.25, 0.3) is 0 Å². The second kappa shape index (κ2) is 9.75. The van der Waals surface area contributed by atoms with Crippen LogP contribution in [0.4, 0.5) is 9.59 Å². The Labute approximate surface area is 166 Å². The smallest absolute Gasteiger partial charge is 0.428 e. The number of benzene rings is 1. The second-order valence-electron chi connectivity index (χ2n) is 7.14. The maximum atomic E-state index is 12.1. The Bertz CT molecular complexity index is 657. The fourth-order valence-electron chi connectivity index (χ4n) is 4.01. The molecule has 1 aromatic rings. The van der Waals surface area contributed by atoms with Gasteiger partial charge in [-0.3, -0.25) is 9.80 Å². The van der Waals surface area contributed by atoms with Crippen molar-refractivity contribution in [1.29, 1.82) is 0 Å². The molecule has 8 heteroatoms. The van der Waals surface area contributed by atoms with Crippen LogP contribution in [0.15, 0.2) is 30.3 Å². The van der Waals surface area contributed by atoms with E-state index >= 15 is 0 Å². The van der Waals surface area contributed by atoms with Crippen molar-refractivity contribution >= 4 is 12.2 Å². The minimum Gasteiger partial charge on any atom is -0.449 e. The summed E-state index contributed by atoms with van der Waals surface area (Å²) >= 11 is 0.